The van der Waals surface area contributed by atoms with Gasteiger partial charge in [-0.1, -0.05) is 32.9 Å². The minimum absolute atomic E-state index is 0.0163. The summed E-state index contributed by atoms with van der Waals surface area (Å²) in [6.07, 6.45) is 0.679. The molecule has 96 valence electrons. The van der Waals surface area contributed by atoms with Crippen molar-refractivity contribution in [2.75, 3.05) is 11.4 Å². The first-order chi connectivity index (χ1) is 8.32. The maximum atomic E-state index is 12.3. The van der Waals surface area contributed by atoms with Crippen molar-refractivity contribution in [3.63, 3.8) is 0 Å². The van der Waals surface area contributed by atoms with Crippen LogP contribution in [-0.4, -0.2) is 17.4 Å². The van der Waals surface area contributed by atoms with Crippen LogP contribution in [0.2, 0.25) is 0 Å². The average Bonchev–Trinajstić information content (AvgIpc) is 2.69. The van der Waals surface area contributed by atoms with Crippen LogP contribution in [0.3, 0.4) is 0 Å². The van der Waals surface area contributed by atoms with Crippen LogP contribution in [0.1, 0.15) is 26.3 Å². The lowest BCUT2D eigenvalue weighted by molar-refractivity contribution is -0.384. The van der Waals surface area contributed by atoms with E-state index in [4.69, 9.17) is 0 Å². The number of nitrogens with zero attached hydrogens (tertiary/aromatic N) is 2. The van der Waals surface area contributed by atoms with Crippen LogP contribution < -0.4 is 4.90 Å². The predicted molar refractivity (Wildman–Crippen MR) is 68.6 cm³/mol. The lowest BCUT2D eigenvalue weighted by Crippen LogP contribution is -2.38. The number of carbonyl (C=O) groups excluding carboxylic acids is 1. The highest BCUT2D eigenvalue weighted by Gasteiger charge is 2.36. The zero-order chi connectivity index (χ0) is 13.5. The van der Waals surface area contributed by atoms with Gasteiger partial charge in [-0.3, -0.25) is 14.9 Å². The highest BCUT2D eigenvalue weighted by atomic mass is 16.6. The van der Waals surface area contributed by atoms with E-state index in [1.165, 1.54) is 6.07 Å². The number of para-hydroxylation sites is 1. The Labute approximate surface area is 106 Å². The van der Waals surface area contributed by atoms with Crippen molar-refractivity contribution in [1.29, 1.82) is 0 Å². The SMILES string of the molecule is CC(C)(C)C(=O)N1CCc2cccc([N+](=O)[O-])c21. The van der Waals surface area contributed by atoms with Gasteiger partial charge in [-0.15, -0.1) is 0 Å². The summed E-state index contributed by atoms with van der Waals surface area (Å²) in [5, 5.41) is 11.0. The number of carbonyl (C=O) groups is 1. The molecule has 0 aromatic heterocycles. The number of nitro groups is 1. The number of amides is 1. The van der Waals surface area contributed by atoms with Crippen LogP contribution >= 0.6 is 0 Å². The third-order valence-corrected chi connectivity index (χ3v) is 3.06. The predicted octanol–water partition coefficient (Wildman–Crippen LogP) is 2.53. The molecule has 0 saturated carbocycles. The summed E-state index contributed by atoms with van der Waals surface area (Å²) in [6.45, 7) is 5.99. The number of fused-ring (bicyclic) bond motifs is 1. The Bertz CT molecular complexity index is 517. The first-order valence-electron chi connectivity index (χ1n) is 5.90. The molecule has 0 spiro atoms. The maximum Gasteiger partial charge on any atom is 0.293 e. The molecule has 0 saturated heterocycles. The van der Waals surface area contributed by atoms with Crippen LogP contribution in [0.15, 0.2) is 18.2 Å². The molecule has 5 heteroatoms. The minimum atomic E-state index is -0.536. The van der Waals surface area contributed by atoms with Crippen molar-refractivity contribution in [1.82, 2.24) is 0 Å². The molecule has 0 atom stereocenters. The Balaban J connectivity index is 2.50. The topological polar surface area (TPSA) is 63.5 Å². The fraction of sp³-hybridized carbons (Fsp3) is 0.462. The molecule has 5 nitrogen and oxygen atoms in total. The molecule has 0 bridgehead atoms. The van der Waals surface area contributed by atoms with E-state index >= 15 is 0 Å². The van der Waals surface area contributed by atoms with Gasteiger partial charge >= 0.3 is 0 Å². The van der Waals surface area contributed by atoms with E-state index in [9.17, 15) is 14.9 Å². The van der Waals surface area contributed by atoms with E-state index in [2.05, 4.69) is 0 Å². The Kier molecular flexibility index (Phi) is 2.84. The fourth-order valence-corrected chi connectivity index (χ4v) is 2.19. The Morgan fingerprint density at radius 2 is 2.06 bits per heavy atom. The average molecular weight is 248 g/mol. The molecule has 0 fully saturated rings. The second kappa shape index (κ2) is 4.08. The summed E-state index contributed by atoms with van der Waals surface area (Å²) in [4.78, 5) is 24.5. The molecule has 2 rings (SSSR count). The van der Waals surface area contributed by atoms with E-state index < -0.39 is 10.3 Å². The van der Waals surface area contributed by atoms with Gasteiger partial charge in [0.1, 0.15) is 5.69 Å². The van der Waals surface area contributed by atoms with Crippen molar-refractivity contribution in [2.45, 2.75) is 27.2 Å². The maximum absolute atomic E-state index is 12.3. The van der Waals surface area contributed by atoms with Crippen LogP contribution in [0.4, 0.5) is 11.4 Å². The molecule has 18 heavy (non-hydrogen) atoms. The van der Waals surface area contributed by atoms with Crippen molar-refractivity contribution in [3.05, 3.63) is 33.9 Å². The van der Waals surface area contributed by atoms with Crippen molar-refractivity contribution < 1.29 is 9.72 Å². The van der Waals surface area contributed by atoms with Crippen LogP contribution in [0.25, 0.3) is 0 Å². The molecule has 1 amide bonds. The van der Waals surface area contributed by atoms with Crippen molar-refractivity contribution >= 4 is 17.3 Å². The van der Waals surface area contributed by atoms with E-state index in [1.54, 1.807) is 11.0 Å². The monoisotopic (exact) mass is 248 g/mol. The van der Waals surface area contributed by atoms with Gasteiger partial charge in [0.15, 0.2) is 0 Å². The summed E-state index contributed by atoms with van der Waals surface area (Å²) < 4.78 is 0. The van der Waals surface area contributed by atoms with Gasteiger partial charge in [0, 0.05) is 18.0 Å². The van der Waals surface area contributed by atoms with Gasteiger partial charge in [-0.2, -0.15) is 0 Å². The lowest BCUT2D eigenvalue weighted by Gasteiger charge is -2.25. The van der Waals surface area contributed by atoms with Gasteiger partial charge in [0.05, 0.1) is 4.92 Å². The number of nitro benzene ring substituents is 1. The minimum Gasteiger partial charge on any atom is -0.305 e. The first kappa shape index (κ1) is 12.5. The number of hydrogen-bond donors (Lipinski definition) is 0. The zero-order valence-corrected chi connectivity index (χ0v) is 10.8. The summed E-state index contributed by atoms with van der Waals surface area (Å²) in [5.74, 6) is -0.0736. The Morgan fingerprint density at radius 1 is 1.39 bits per heavy atom. The second-order valence-corrected chi connectivity index (χ2v) is 5.50. The standard InChI is InChI=1S/C13H16N2O3/c1-13(2,3)12(16)14-8-7-9-5-4-6-10(11(9)14)15(17)18/h4-6H,7-8H2,1-3H3. The molecule has 0 N–H and O–H groups in total. The van der Waals surface area contributed by atoms with Gasteiger partial charge in [0.25, 0.3) is 5.69 Å². The molecule has 1 aliphatic heterocycles. The van der Waals surface area contributed by atoms with E-state index in [0.29, 0.717) is 18.7 Å². The van der Waals surface area contributed by atoms with Crippen LogP contribution in [0, 0.1) is 15.5 Å². The van der Waals surface area contributed by atoms with E-state index in [1.807, 2.05) is 26.8 Å². The second-order valence-electron chi connectivity index (χ2n) is 5.50. The van der Waals surface area contributed by atoms with Crippen molar-refractivity contribution in [2.24, 2.45) is 5.41 Å². The number of benzene rings is 1. The van der Waals surface area contributed by atoms with Gasteiger partial charge in [-0.05, 0) is 12.0 Å². The molecule has 1 heterocycles. The van der Waals surface area contributed by atoms with E-state index in [-0.39, 0.29) is 11.6 Å². The summed E-state index contributed by atoms with van der Waals surface area (Å²) in [5.41, 5.74) is 0.831. The van der Waals surface area contributed by atoms with Crippen LogP contribution in [-0.2, 0) is 11.2 Å². The lowest BCUT2D eigenvalue weighted by atomic mass is 9.94. The summed E-state index contributed by atoms with van der Waals surface area (Å²) >= 11 is 0. The fourth-order valence-electron chi connectivity index (χ4n) is 2.19. The molecule has 1 aliphatic rings. The first-order valence-corrected chi connectivity index (χ1v) is 5.90. The summed E-state index contributed by atoms with van der Waals surface area (Å²) in [6, 6.07) is 4.97. The number of hydrogen-bond acceptors (Lipinski definition) is 3. The highest BCUT2D eigenvalue weighted by Crippen LogP contribution is 2.38. The Morgan fingerprint density at radius 3 is 2.61 bits per heavy atom. The largest absolute Gasteiger partial charge is 0.305 e. The quantitative estimate of drug-likeness (QED) is 0.566. The smallest absolute Gasteiger partial charge is 0.293 e. The van der Waals surface area contributed by atoms with Gasteiger partial charge in [-0.25, -0.2) is 0 Å². The molecule has 0 radical (unpaired) electrons. The van der Waals surface area contributed by atoms with E-state index in [0.717, 1.165) is 5.56 Å². The zero-order valence-electron chi connectivity index (χ0n) is 10.8. The van der Waals surface area contributed by atoms with Gasteiger partial charge < -0.3 is 4.90 Å². The van der Waals surface area contributed by atoms with Crippen LogP contribution in [0.5, 0.6) is 0 Å². The third kappa shape index (κ3) is 1.96. The van der Waals surface area contributed by atoms with Gasteiger partial charge in [0.2, 0.25) is 5.91 Å². The molecule has 1 aromatic rings. The molecular weight excluding hydrogens is 232 g/mol. The molecular formula is C13H16N2O3. The Hall–Kier alpha value is -1.91. The molecule has 1 aromatic carbocycles. The third-order valence-electron chi connectivity index (χ3n) is 3.06. The molecule has 0 unspecified atom stereocenters. The summed E-state index contributed by atoms with van der Waals surface area (Å²) in [7, 11) is 0. The number of anilines is 1. The number of rotatable bonds is 1. The normalized spacial score (nSPS) is 14.5. The highest BCUT2D eigenvalue weighted by molar-refractivity contribution is 6.00. The van der Waals surface area contributed by atoms with Crippen molar-refractivity contribution in [3.8, 4) is 0 Å². The molecule has 0 aliphatic carbocycles.